The number of hydrogen-bond donors (Lipinski definition) is 2. The van der Waals surface area contributed by atoms with E-state index < -0.39 is 0 Å². The van der Waals surface area contributed by atoms with E-state index in [1.807, 2.05) is 66.7 Å². The zero-order chi connectivity index (χ0) is 18.9. The van der Waals surface area contributed by atoms with Crippen molar-refractivity contribution in [3.05, 3.63) is 95.6 Å². The van der Waals surface area contributed by atoms with E-state index in [1.54, 1.807) is 0 Å². The summed E-state index contributed by atoms with van der Waals surface area (Å²) in [5.74, 6) is 0.449. The van der Waals surface area contributed by atoms with Crippen LogP contribution in [0.4, 0.5) is 0 Å². The van der Waals surface area contributed by atoms with Gasteiger partial charge < -0.3 is 11.1 Å². The van der Waals surface area contributed by atoms with Gasteiger partial charge in [-0.1, -0.05) is 72.8 Å². The van der Waals surface area contributed by atoms with Crippen LogP contribution in [0.3, 0.4) is 0 Å². The molecule has 4 nitrogen and oxygen atoms in total. The van der Waals surface area contributed by atoms with Crippen molar-refractivity contribution in [2.45, 2.75) is 13.0 Å². The highest BCUT2D eigenvalue weighted by atomic mass is 127. The Balaban J connectivity index is 0.00000280. The van der Waals surface area contributed by atoms with Crippen molar-refractivity contribution >= 4 is 29.9 Å². The van der Waals surface area contributed by atoms with Crippen molar-refractivity contribution in [2.24, 2.45) is 10.7 Å². The van der Waals surface area contributed by atoms with Gasteiger partial charge in [0.2, 0.25) is 0 Å². The van der Waals surface area contributed by atoms with Crippen LogP contribution in [0.25, 0.3) is 11.1 Å². The van der Waals surface area contributed by atoms with Gasteiger partial charge in [0.05, 0.1) is 18.2 Å². The highest BCUT2D eigenvalue weighted by Crippen LogP contribution is 2.23. The predicted octanol–water partition coefficient (Wildman–Crippen LogP) is 4.49. The average molecular weight is 482 g/mol. The Hall–Kier alpha value is -2.85. The van der Waals surface area contributed by atoms with Gasteiger partial charge in [-0.25, -0.2) is 4.99 Å². The SMILES string of the molecule is I.N#Cc1ccccc1-c1ccc(CN=C(N)NCCc2ccccc2)cc1. The monoisotopic (exact) mass is 482 g/mol. The highest BCUT2D eigenvalue weighted by molar-refractivity contribution is 14.0. The van der Waals surface area contributed by atoms with Crippen LogP contribution < -0.4 is 11.1 Å². The number of halogens is 1. The van der Waals surface area contributed by atoms with Crippen molar-refractivity contribution in [2.75, 3.05) is 6.54 Å². The number of benzene rings is 3. The number of nitrogens with zero attached hydrogens (tertiary/aromatic N) is 2. The number of rotatable bonds is 6. The van der Waals surface area contributed by atoms with Crippen LogP contribution in [-0.2, 0) is 13.0 Å². The molecule has 0 spiro atoms. The molecule has 3 aromatic rings. The summed E-state index contributed by atoms with van der Waals surface area (Å²) >= 11 is 0. The Morgan fingerprint density at radius 3 is 2.29 bits per heavy atom. The number of nitriles is 1. The second-order valence-corrected chi connectivity index (χ2v) is 6.22. The summed E-state index contributed by atoms with van der Waals surface area (Å²) in [5.41, 5.74) is 10.9. The van der Waals surface area contributed by atoms with E-state index in [0.717, 1.165) is 29.7 Å². The van der Waals surface area contributed by atoms with E-state index in [-0.39, 0.29) is 24.0 Å². The van der Waals surface area contributed by atoms with Crippen molar-refractivity contribution in [3.63, 3.8) is 0 Å². The lowest BCUT2D eigenvalue weighted by Gasteiger charge is -2.07. The maximum Gasteiger partial charge on any atom is 0.188 e. The molecule has 0 amide bonds. The molecule has 142 valence electrons. The summed E-state index contributed by atoms with van der Waals surface area (Å²) in [6.07, 6.45) is 0.907. The topological polar surface area (TPSA) is 74.2 Å². The smallest absolute Gasteiger partial charge is 0.188 e. The lowest BCUT2D eigenvalue weighted by Crippen LogP contribution is -2.33. The Labute approximate surface area is 183 Å². The maximum atomic E-state index is 9.23. The Bertz CT molecular complexity index is 944. The largest absolute Gasteiger partial charge is 0.370 e. The van der Waals surface area contributed by atoms with Crippen molar-refractivity contribution in [1.29, 1.82) is 5.26 Å². The van der Waals surface area contributed by atoms with E-state index in [2.05, 4.69) is 28.5 Å². The van der Waals surface area contributed by atoms with Crippen LogP contribution in [0.1, 0.15) is 16.7 Å². The first-order chi connectivity index (χ1) is 13.3. The highest BCUT2D eigenvalue weighted by Gasteiger charge is 2.03. The quantitative estimate of drug-likeness (QED) is 0.309. The van der Waals surface area contributed by atoms with Gasteiger partial charge in [-0.05, 0) is 34.7 Å². The normalized spacial score (nSPS) is 10.6. The second kappa shape index (κ2) is 11.1. The van der Waals surface area contributed by atoms with Crippen LogP contribution in [-0.4, -0.2) is 12.5 Å². The lowest BCUT2D eigenvalue weighted by atomic mass is 9.99. The molecule has 0 aliphatic heterocycles. The minimum Gasteiger partial charge on any atom is -0.370 e. The summed E-state index contributed by atoms with van der Waals surface area (Å²) in [6.45, 7) is 1.27. The molecule has 0 aliphatic rings. The van der Waals surface area contributed by atoms with E-state index in [0.29, 0.717) is 18.1 Å². The summed E-state index contributed by atoms with van der Waals surface area (Å²) in [6, 6.07) is 28.2. The summed E-state index contributed by atoms with van der Waals surface area (Å²) in [4.78, 5) is 4.39. The molecule has 0 radical (unpaired) electrons. The van der Waals surface area contributed by atoms with Crippen LogP contribution in [0.2, 0.25) is 0 Å². The van der Waals surface area contributed by atoms with Gasteiger partial charge in [0.15, 0.2) is 5.96 Å². The molecule has 0 saturated carbocycles. The summed E-state index contributed by atoms with van der Waals surface area (Å²) in [7, 11) is 0. The molecule has 3 N–H and O–H groups in total. The molecule has 0 heterocycles. The fourth-order valence-electron chi connectivity index (χ4n) is 2.83. The molecule has 0 bridgehead atoms. The van der Waals surface area contributed by atoms with Gasteiger partial charge in [-0.2, -0.15) is 5.26 Å². The van der Waals surface area contributed by atoms with Crippen LogP contribution >= 0.6 is 24.0 Å². The van der Waals surface area contributed by atoms with Crippen molar-refractivity contribution in [1.82, 2.24) is 5.32 Å². The third kappa shape index (κ3) is 6.10. The first-order valence-electron chi connectivity index (χ1n) is 8.92. The zero-order valence-corrected chi connectivity index (χ0v) is 17.8. The predicted molar refractivity (Wildman–Crippen MR) is 125 cm³/mol. The Morgan fingerprint density at radius 2 is 1.57 bits per heavy atom. The molecular formula is C23H23IN4. The maximum absolute atomic E-state index is 9.23. The number of guanidine groups is 1. The summed E-state index contributed by atoms with van der Waals surface area (Å²) < 4.78 is 0. The molecule has 0 unspecified atom stereocenters. The number of aliphatic imine (C=N–C) groups is 1. The molecule has 3 rings (SSSR count). The minimum atomic E-state index is 0. The molecule has 0 saturated heterocycles. The van der Waals surface area contributed by atoms with E-state index in [4.69, 9.17) is 5.73 Å². The fraction of sp³-hybridized carbons (Fsp3) is 0.130. The lowest BCUT2D eigenvalue weighted by molar-refractivity contribution is 0.848. The molecular weight excluding hydrogens is 459 g/mol. The summed E-state index contributed by atoms with van der Waals surface area (Å²) in [5, 5.41) is 12.4. The minimum absolute atomic E-state index is 0. The van der Waals surface area contributed by atoms with Crippen LogP contribution in [0.5, 0.6) is 0 Å². The van der Waals surface area contributed by atoms with Gasteiger partial charge in [-0.3, -0.25) is 0 Å². The Morgan fingerprint density at radius 1 is 0.893 bits per heavy atom. The average Bonchev–Trinajstić information content (AvgIpc) is 2.73. The van der Waals surface area contributed by atoms with E-state index in [1.165, 1.54) is 5.56 Å². The molecule has 0 aliphatic carbocycles. The van der Waals surface area contributed by atoms with Gasteiger partial charge in [0.25, 0.3) is 0 Å². The van der Waals surface area contributed by atoms with Gasteiger partial charge >= 0.3 is 0 Å². The first-order valence-corrected chi connectivity index (χ1v) is 8.92. The van der Waals surface area contributed by atoms with E-state index in [9.17, 15) is 5.26 Å². The second-order valence-electron chi connectivity index (χ2n) is 6.22. The van der Waals surface area contributed by atoms with Crippen molar-refractivity contribution < 1.29 is 0 Å². The number of nitrogens with one attached hydrogen (secondary N) is 1. The first kappa shape index (κ1) is 21.5. The fourth-order valence-corrected chi connectivity index (χ4v) is 2.83. The zero-order valence-electron chi connectivity index (χ0n) is 15.5. The van der Waals surface area contributed by atoms with Gasteiger partial charge in [0.1, 0.15) is 0 Å². The van der Waals surface area contributed by atoms with Gasteiger partial charge in [0, 0.05) is 6.54 Å². The van der Waals surface area contributed by atoms with Gasteiger partial charge in [-0.15, -0.1) is 24.0 Å². The standard InChI is InChI=1S/C23H22N4.HI/c24-16-21-8-4-5-9-22(21)20-12-10-19(11-13-20)17-27-23(25)26-15-14-18-6-2-1-3-7-18;/h1-13H,14-15,17H2,(H3,25,26,27);1H. The molecule has 28 heavy (non-hydrogen) atoms. The molecule has 5 heteroatoms. The van der Waals surface area contributed by atoms with Crippen LogP contribution in [0.15, 0.2) is 83.9 Å². The van der Waals surface area contributed by atoms with Crippen molar-refractivity contribution in [3.8, 4) is 17.2 Å². The van der Waals surface area contributed by atoms with E-state index >= 15 is 0 Å². The molecule has 0 fully saturated rings. The number of hydrogen-bond acceptors (Lipinski definition) is 2. The molecule has 0 aromatic heterocycles. The third-order valence-electron chi connectivity index (χ3n) is 4.31. The molecule has 0 atom stereocenters. The van der Waals surface area contributed by atoms with Crippen LogP contribution in [0, 0.1) is 11.3 Å². The third-order valence-corrected chi connectivity index (χ3v) is 4.31. The molecule has 3 aromatic carbocycles. The Kier molecular flexibility index (Phi) is 8.50. The number of nitrogens with two attached hydrogens (primary N) is 1.